The van der Waals surface area contributed by atoms with Gasteiger partial charge in [0.1, 0.15) is 5.75 Å². The zero-order valence-corrected chi connectivity index (χ0v) is 16.6. The van der Waals surface area contributed by atoms with Crippen LogP contribution in [0, 0.1) is 0 Å². The number of hydrogen-bond acceptors (Lipinski definition) is 3. The molecule has 0 saturated carbocycles. The normalized spacial score (nSPS) is 14.0. The number of para-hydroxylation sites is 1. The molecule has 0 aromatic heterocycles. The molecule has 0 N–H and O–H groups in total. The predicted octanol–water partition coefficient (Wildman–Crippen LogP) is 3.41. The van der Waals surface area contributed by atoms with E-state index >= 15 is 0 Å². The molecule has 0 radical (unpaired) electrons. The van der Waals surface area contributed by atoms with Crippen LogP contribution in [0.4, 0.5) is 0 Å². The van der Waals surface area contributed by atoms with Crippen LogP contribution >= 0.6 is 11.6 Å². The topological polar surface area (TPSA) is 49.9 Å². The summed E-state index contributed by atoms with van der Waals surface area (Å²) in [5, 5.41) is 0.574. The molecule has 6 heteroatoms. The second-order valence-corrected chi connectivity index (χ2v) is 7.21. The molecule has 1 aliphatic rings. The van der Waals surface area contributed by atoms with Gasteiger partial charge in [0.15, 0.2) is 0 Å². The van der Waals surface area contributed by atoms with Crippen LogP contribution in [0.2, 0.25) is 5.02 Å². The van der Waals surface area contributed by atoms with E-state index in [4.69, 9.17) is 16.3 Å². The Morgan fingerprint density at radius 3 is 2.14 bits per heavy atom. The highest BCUT2D eigenvalue weighted by Gasteiger charge is 2.23. The number of ether oxygens (including phenoxy) is 1. The van der Waals surface area contributed by atoms with Crippen LogP contribution in [0.3, 0.4) is 0 Å². The summed E-state index contributed by atoms with van der Waals surface area (Å²) >= 11 is 6.05. The van der Waals surface area contributed by atoms with Crippen LogP contribution in [-0.2, 0) is 16.0 Å². The zero-order valence-electron chi connectivity index (χ0n) is 15.9. The number of carbonyl (C=O) groups excluding carboxylic acids is 2. The van der Waals surface area contributed by atoms with Crippen molar-refractivity contribution in [2.75, 3.05) is 32.8 Å². The lowest BCUT2D eigenvalue weighted by Gasteiger charge is -2.35. The van der Waals surface area contributed by atoms with Gasteiger partial charge in [0.25, 0.3) is 0 Å². The third-order valence-electron chi connectivity index (χ3n) is 4.81. The lowest BCUT2D eigenvalue weighted by atomic mass is 10.1. The van der Waals surface area contributed by atoms with Gasteiger partial charge in [-0.1, -0.05) is 54.1 Å². The Kier molecular flexibility index (Phi) is 7.31. The van der Waals surface area contributed by atoms with Gasteiger partial charge in [0, 0.05) is 32.6 Å². The van der Waals surface area contributed by atoms with E-state index in [1.807, 2.05) is 58.3 Å². The van der Waals surface area contributed by atoms with Gasteiger partial charge in [-0.2, -0.15) is 0 Å². The molecule has 1 aliphatic heterocycles. The van der Waals surface area contributed by atoms with E-state index in [9.17, 15) is 9.59 Å². The van der Waals surface area contributed by atoms with Crippen LogP contribution in [-0.4, -0.2) is 54.4 Å². The summed E-state index contributed by atoms with van der Waals surface area (Å²) in [6.07, 6.45) is 1.48. The molecule has 2 aromatic carbocycles. The molecule has 28 heavy (non-hydrogen) atoms. The summed E-state index contributed by atoms with van der Waals surface area (Å²) in [6, 6.07) is 17.1. The lowest BCUT2D eigenvalue weighted by molar-refractivity contribution is -0.139. The van der Waals surface area contributed by atoms with E-state index in [1.54, 1.807) is 6.07 Å². The van der Waals surface area contributed by atoms with Gasteiger partial charge in [0.2, 0.25) is 11.8 Å². The van der Waals surface area contributed by atoms with Crippen LogP contribution in [0.25, 0.3) is 0 Å². The number of nitrogens with zero attached hydrogens (tertiary/aromatic N) is 2. The summed E-state index contributed by atoms with van der Waals surface area (Å²) < 4.78 is 5.62. The van der Waals surface area contributed by atoms with Crippen molar-refractivity contribution in [2.45, 2.75) is 19.3 Å². The standard InChI is InChI=1S/C22H25ClN2O3/c23-19-9-4-5-10-20(19)28-16-6-11-21(26)24-12-14-25(15-13-24)22(27)17-18-7-2-1-3-8-18/h1-5,7-10H,6,11-17H2. The van der Waals surface area contributed by atoms with Crippen molar-refractivity contribution in [2.24, 2.45) is 0 Å². The molecule has 1 fully saturated rings. The summed E-state index contributed by atoms with van der Waals surface area (Å²) in [5.74, 6) is 0.867. The van der Waals surface area contributed by atoms with Crippen LogP contribution < -0.4 is 4.74 Å². The Bertz CT molecular complexity index is 789. The predicted molar refractivity (Wildman–Crippen MR) is 109 cm³/mol. The van der Waals surface area contributed by atoms with E-state index in [2.05, 4.69) is 0 Å². The Labute approximate surface area is 170 Å². The van der Waals surface area contributed by atoms with Crippen LogP contribution in [0.15, 0.2) is 54.6 Å². The molecule has 1 heterocycles. The lowest BCUT2D eigenvalue weighted by Crippen LogP contribution is -2.51. The molecule has 0 bridgehead atoms. The van der Waals surface area contributed by atoms with E-state index in [0.29, 0.717) is 62.8 Å². The second kappa shape index (κ2) is 10.1. The highest BCUT2D eigenvalue weighted by atomic mass is 35.5. The molecule has 1 saturated heterocycles. The third kappa shape index (κ3) is 5.73. The average molecular weight is 401 g/mol. The van der Waals surface area contributed by atoms with Gasteiger partial charge in [-0.05, 0) is 24.1 Å². The Morgan fingerprint density at radius 2 is 1.46 bits per heavy atom. The molecule has 5 nitrogen and oxygen atoms in total. The molecule has 0 unspecified atom stereocenters. The molecular formula is C22H25ClN2O3. The fourth-order valence-electron chi connectivity index (χ4n) is 3.21. The summed E-state index contributed by atoms with van der Waals surface area (Å²) in [6.45, 7) is 2.81. The summed E-state index contributed by atoms with van der Waals surface area (Å²) in [7, 11) is 0. The molecule has 0 atom stereocenters. The number of rotatable bonds is 7. The molecular weight excluding hydrogens is 376 g/mol. The minimum absolute atomic E-state index is 0.109. The quantitative estimate of drug-likeness (QED) is 0.669. The van der Waals surface area contributed by atoms with Crippen molar-refractivity contribution < 1.29 is 14.3 Å². The minimum atomic E-state index is 0.109. The smallest absolute Gasteiger partial charge is 0.227 e. The molecule has 0 spiro atoms. The van der Waals surface area contributed by atoms with Crippen molar-refractivity contribution in [3.8, 4) is 5.75 Å². The third-order valence-corrected chi connectivity index (χ3v) is 5.12. The van der Waals surface area contributed by atoms with Gasteiger partial charge in [-0.3, -0.25) is 9.59 Å². The zero-order chi connectivity index (χ0) is 19.8. The summed E-state index contributed by atoms with van der Waals surface area (Å²) in [5.41, 5.74) is 1.02. The SMILES string of the molecule is O=C(CCCOc1ccccc1Cl)N1CCN(C(=O)Cc2ccccc2)CC1. The fourth-order valence-corrected chi connectivity index (χ4v) is 3.40. The average Bonchev–Trinajstić information content (AvgIpc) is 2.73. The highest BCUT2D eigenvalue weighted by molar-refractivity contribution is 6.32. The van der Waals surface area contributed by atoms with Crippen LogP contribution in [0.1, 0.15) is 18.4 Å². The number of carbonyl (C=O) groups is 2. The first kappa shape index (κ1) is 20.2. The molecule has 2 amide bonds. The van der Waals surface area contributed by atoms with Gasteiger partial charge in [-0.15, -0.1) is 0 Å². The fraction of sp³-hybridized carbons (Fsp3) is 0.364. The van der Waals surface area contributed by atoms with E-state index < -0.39 is 0 Å². The molecule has 0 aliphatic carbocycles. The maximum absolute atomic E-state index is 12.4. The number of benzene rings is 2. The monoisotopic (exact) mass is 400 g/mol. The van der Waals surface area contributed by atoms with E-state index in [1.165, 1.54) is 0 Å². The number of piperazine rings is 1. The van der Waals surface area contributed by atoms with Gasteiger partial charge < -0.3 is 14.5 Å². The van der Waals surface area contributed by atoms with Crippen molar-refractivity contribution in [3.05, 3.63) is 65.2 Å². The van der Waals surface area contributed by atoms with E-state index in [0.717, 1.165) is 5.56 Å². The first-order chi connectivity index (χ1) is 13.6. The first-order valence-corrected chi connectivity index (χ1v) is 9.98. The van der Waals surface area contributed by atoms with Crippen molar-refractivity contribution in [1.82, 2.24) is 9.80 Å². The van der Waals surface area contributed by atoms with Gasteiger partial charge >= 0.3 is 0 Å². The van der Waals surface area contributed by atoms with Gasteiger partial charge in [0.05, 0.1) is 18.1 Å². The molecule has 3 rings (SSSR count). The maximum Gasteiger partial charge on any atom is 0.227 e. The number of hydrogen-bond donors (Lipinski definition) is 0. The number of amides is 2. The Balaban J connectivity index is 1.35. The Morgan fingerprint density at radius 1 is 0.857 bits per heavy atom. The minimum Gasteiger partial charge on any atom is -0.492 e. The van der Waals surface area contributed by atoms with E-state index in [-0.39, 0.29) is 11.8 Å². The van der Waals surface area contributed by atoms with Crippen molar-refractivity contribution in [3.63, 3.8) is 0 Å². The van der Waals surface area contributed by atoms with Gasteiger partial charge in [-0.25, -0.2) is 0 Å². The largest absolute Gasteiger partial charge is 0.492 e. The molecule has 148 valence electrons. The highest BCUT2D eigenvalue weighted by Crippen LogP contribution is 2.23. The first-order valence-electron chi connectivity index (χ1n) is 9.60. The van der Waals surface area contributed by atoms with Crippen molar-refractivity contribution in [1.29, 1.82) is 0 Å². The molecule has 2 aromatic rings. The Hall–Kier alpha value is -2.53. The second-order valence-electron chi connectivity index (χ2n) is 6.81. The summed E-state index contributed by atoms with van der Waals surface area (Å²) in [4.78, 5) is 28.5. The number of halogens is 1. The van der Waals surface area contributed by atoms with Crippen LogP contribution in [0.5, 0.6) is 5.75 Å². The van der Waals surface area contributed by atoms with Crippen molar-refractivity contribution >= 4 is 23.4 Å². The maximum atomic E-state index is 12.4.